The molecule has 4 atom stereocenters. The lowest BCUT2D eigenvalue weighted by Gasteiger charge is -2.29. The van der Waals surface area contributed by atoms with Crippen LogP contribution in [0.15, 0.2) is 60.9 Å². The number of carbonyl (C=O) groups excluding carboxylic acids is 1. The van der Waals surface area contributed by atoms with Gasteiger partial charge in [0.1, 0.15) is 5.69 Å². The Morgan fingerprint density at radius 2 is 1.74 bits per heavy atom. The number of amides is 1. The smallest absolute Gasteiger partial charge is 0.433 e. The molecule has 0 spiro atoms. The van der Waals surface area contributed by atoms with E-state index in [4.69, 9.17) is 4.74 Å². The van der Waals surface area contributed by atoms with Crippen LogP contribution in [0.25, 0.3) is 22.3 Å². The number of thioether (sulfide) groups is 1. The highest BCUT2D eigenvalue weighted by Gasteiger charge is 2.56. The van der Waals surface area contributed by atoms with Gasteiger partial charge in [0.05, 0.1) is 35.6 Å². The fourth-order valence-corrected chi connectivity index (χ4v) is 8.53. The lowest BCUT2D eigenvalue weighted by molar-refractivity contribution is -0.141. The first-order valence-corrected chi connectivity index (χ1v) is 15.2. The number of hydrogen-bond donors (Lipinski definition) is 1. The average Bonchev–Trinajstić information content (AvgIpc) is 3.57. The zero-order chi connectivity index (χ0) is 33.6. The van der Waals surface area contributed by atoms with E-state index in [-0.39, 0.29) is 29.0 Å². The number of hydrogen-bond acceptors (Lipinski definition) is 6. The molecule has 14 heteroatoms. The van der Waals surface area contributed by atoms with Crippen molar-refractivity contribution in [1.29, 1.82) is 0 Å². The number of carbonyl (C=O) groups is 2. The van der Waals surface area contributed by atoms with E-state index in [0.29, 0.717) is 33.4 Å². The van der Waals surface area contributed by atoms with E-state index >= 15 is 0 Å². The molecule has 0 radical (unpaired) electrons. The molecule has 1 N–H and O–H groups in total. The first-order valence-electron chi connectivity index (χ1n) is 14.3. The van der Waals surface area contributed by atoms with Crippen molar-refractivity contribution in [1.82, 2.24) is 14.9 Å². The van der Waals surface area contributed by atoms with Crippen molar-refractivity contribution in [2.75, 3.05) is 7.11 Å². The fourth-order valence-electron chi connectivity index (χ4n) is 7.20. The molecular weight excluding hydrogens is 648 g/mol. The van der Waals surface area contributed by atoms with Crippen LogP contribution in [-0.4, -0.2) is 44.3 Å². The third-order valence-corrected chi connectivity index (χ3v) is 10.3. The highest BCUT2D eigenvalue weighted by molar-refractivity contribution is 8.14. The quantitative estimate of drug-likeness (QED) is 0.218. The Morgan fingerprint density at radius 3 is 2.43 bits per heavy atom. The lowest BCUT2D eigenvalue weighted by atomic mass is 9.79. The maximum Gasteiger partial charge on any atom is 0.433 e. The Bertz CT molecular complexity index is 1980. The van der Waals surface area contributed by atoms with Crippen LogP contribution in [0.3, 0.4) is 0 Å². The fraction of sp³-hybridized carbons (Fsp3) is 0.273. The SMILES string of the molecule is COc1ncc2cc1-c1ccc(C(F)(F)F)cc1[C@@H]1CC(c3cc(C(=O)O)cc(C)c3-2)[C@H]2[C@@H](c3ccnc(C(F)(F)F)c3)SC(=O)N12. The summed E-state index contributed by atoms with van der Waals surface area (Å²) in [5.74, 6) is -1.78. The zero-order valence-electron chi connectivity index (χ0n) is 24.5. The minimum Gasteiger partial charge on any atom is -0.481 e. The van der Waals surface area contributed by atoms with Crippen LogP contribution in [0.4, 0.5) is 31.1 Å². The number of ether oxygens (including phenoxy) is 1. The van der Waals surface area contributed by atoms with Crippen molar-refractivity contribution in [3.05, 3.63) is 100.0 Å². The number of nitrogens with zero attached hydrogens (tertiary/aromatic N) is 3. The minimum absolute atomic E-state index is 0.0495. The van der Waals surface area contributed by atoms with Crippen LogP contribution < -0.4 is 4.74 Å². The van der Waals surface area contributed by atoms with Crippen molar-refractivity contribution in [2.45, 2.75) is 48.9 Å². The Kier molecular flexibility index (Phi) is 7.08. The van der Waals surface area contributed by atoms with Crippen LogP contribution in [0.1, 0.15) is 67.5 Å². The predicted octanol–water partition coefficient (Wildman–Crippen LogP) is 8.68. The molecule has 1 amide bonds. The predicted molar refractivity (Wildman–Crippen MR) is 159 cm³/mol. The van der Waals surface area contributed by atoms with Crippen LogP contribution in [0, 0.1) is 6.92 Å². The first kappa shape index (κ1) is 31.0. The molecule has 2 aliphatic heterocycles. The molecule has 4 aromatic rings. The van der Waals surface area contributed by atoms with Gasteiger partial charge in [-0.25, -0.2) is 9.78 Å². The van der Waals surface area contributed by atoms with Crippen molar-refractivity contribution < 1.29 is 45.8 Å². The zero-order valence-corrected chi connectivity index (χ0v) is 25.3. The molecule has 2 fully saturated rings. The highest BCUT2D eigenvalue weighted by atomic mass is 32.2. The summed E-state index contributed by atoms with van der Waals surface area (Å²) in [7, 11) is 1.37. The topological polar surface area (TPSA) is 92.6 Å². The van der Waals surface area contributed by atoms with Gasteiger partial charge in [0.2, 0.25) is 5.88 Å². The van der Waals surface area contributed by atoms with Crippen molar-refractivity contribution in [3.63, 3.8) is 0 Å². The molecule has 3 aliphatic rings. The van der Waals surface area contributed by atoms with Gasteiger partial charge in [0.15, 0.2) is 0 Å². The molecule has 1 unspecified atom stereocenters. The lowest BCUT2D eigenvalue weighted by Crippen LogP contribution is -2.33. The van der Waals surface area contributed by atoms with Crippen LogP contribution >= 0.6 is 11.8 Å². The van der Waals surface area contributed by atoms with Gasteiger partial charge in [-0.3, -0.25) is 9.78 Å². The number of aromatic carboxylic acids is 1. The summed E-state index contributed by atoms with van der Waals surface area (Å²) in [6.07, 6.45) is -6.87. The van der Waals surface area contributed by atoms with Gasteiger partial charge in [-0.2, -0.15) is 26.3 Å². The van der Waals surface area contributed by atoms with Gasteiger partial charge in [0, 0.05) is 29.4 Å². The molecule has 0 saturated carbocycles. The summed E-state index contributed by atoms with van der Waals surface area (Å²) in [5.41, 5.74) is 1.11. The first-order chi connectivity index (χ1) is 22.2. The average molecular weight is 672 g/mol. The molecule has 7 nitrogen and oxygen atoms in total. The second-order valence-corrected chi connectivity index (χ2v) is 12.8. The van der Waals surface area contributed by atoms with E-state index in [9.17, 15) is 41.0 Å². The van der Waals surface area contributed by atoms with Crippen molar-refractivity contribution in [3.8, 4) is 28.1 Å². The van der Waals surface area contributed by atoms with Gasteiger partial charge < -0.3 is 14.7 Å². The number of halogens is 6. The molecule has 242 valence electrons. The molecule has 47 heavy (non-hydrogen) atoms. The maximum absolute atomic E-state index is 14.1. The number of aryl methyl sites for hydroxylation is 1. The minimum atomic E-state index is -4.76. The number of carboxylic acids is 1. The number of carboxylic acid groups (broad SMARTS) is 1. The number of methoxy groups -OCH3 is 1. The van der Waals surface area contributed by atoms with E-state index in [2.05, 4.69) is 9.97 Å². The summed E-state index contributed by atoms with van der Waals surface area (Å²) in [6.45, 7) is 1.72. The maximum atomic E-state index is 14.1. The van der Waals surface area contributed by atoms with E-state index < -0.39 is 58.1 Å². The van der Waals surface area contributed by atoms with Crippen molar-refractivity contribution >= 4 is 23.0 Å². The number of benzene rings is 2. The van der Waals surface area contributed by atoms with Crippen molar-refractivity contribution in [2.24, 2.45) is 0 Å². The van der Waals surface area contributed by atoms with Gasteiger partial charge >= 0.3 is 18.3 Å². The van der Waals surface area contributed by atoms with E-state index in [1.807, 2.05) is 0 Å². The van der Waals surface area contributed by atoms with Crippen LogP contribution in [-0.2, 0) is 12.4 Å². The normalized spacial score (nSPS) is 21.6. The monoisotopic (exact) mass is 671 g/mol. The Labute approximate surface area is 267 Å². The summed E-state index contributed by atoms with van der Waals surface area (Å²) in [5, 5.41) is 8.60. The van der Waals surface area contributed by atoms with Gasteiger partial charge in [-0.1, -0.05) is 17.8 Å². The molecule has 2 saturated heterocycles. The molecule has 4 heterocycles. The largest absolute Gasteiger partial charge is 0.481 e. The van der Waals surface area contributed by atoms with Crippen LogP contribution in [0.2, 0.25) is 0 Å². The van der Waals surface area contributed by atoms with Gasteiger partial charge in [-0.05, 0) is 89.2 Å². The Hall–Kier alpha value is -4.59. The number of aromatic nitrogens is 2. The Morgan fingerprint density at radius 1 is 0.979 bits per heavy atom. The van der Waals surface area contributed by atoms with E-state index in [1.54, 1.807) is 13.0 Å². The second-order valence-electron chi connectivity index (χ2n) is 11.7. The standard InChI is InChI=1S/C33H23F6N3O4S/c1-14-7-16(30(43)44)8-21-22-12-24(42-27(22)28(47-31(42)45)15-5-6-40-25(10-15)33(37,38)39)20-11-18(32(34,35)36)3-4-19(20)23-9-17(26(14)21)13-41-29(23)46-2/h3-11,13,22,24,27-28H,12H2,1-2H3,(H,43,44)/t22?,24-,27-,28+/m0/s1. The third kappa shape index (κ3) is 5.00. The summed E-state index contributed by atoms with van der Waals surface area (Å²) in [6, 6.07) is 8.40. The molecule has 7 rings (SSSR count). The summed E-state index contributed by atoms with van der Waals surface area (Å²) < 4.78 is 89.1. The molecule has 2 aromatic heterocycles. The Balaban J connectivity index is 1.55. The van der Waals surface area contributed by atoms with E-state index in [1.165, 1.54) is 42.5 Å². The summed E-state index contributed by atoms with van der Waals surface area (Å²) in [4.78, 5) is 35.5. The molecule has 1 aliphatic carbocycles. The highest BCUT2D eigenvalue weighted by Crippen LogP contribution is 2.61. The van der Waals surface area contributed by atoms with Gasteiger partial charge in [0.25, 0.3) is 5.24 Å². The number of pyridine rings is 2. The van der Waals surface area contributed by atoms with Gasteiger partial charge in [-0.15, -0.1) is 0 Å². The summed E-state index contributed by atoms with van der Waals surface area (Å²) >= 11 is 0.791. The molecule has 2 aromatic carbocycles. The number of rotatable bonds is 3. The molecule has 4 bridgehead atoms. The molecular formula is C33H23F6N3O4S. The third-order valence-electron chi connectivity index (χ3n) is 9.07. The second kappa shape index (κ2) is 10.7. The van der Waals surface area contributed by atoms with Crippen LogP contribution in [0.5, 0.6) is 5.88 Å². The van der Waals surface area contributed by atoms with E-state index in [0.717, 1.165) is 36.2 Å². The number of alkyl halides is 6. The number of fused-ring (bicyclic) bond motifs is 13.